The van der Waals surface area contributed by atoms with Crippen LogP contribution in [0.1, 0.15) is 46.0 Å². The first-order valence-electron chi connectivity index (χ1n) is 8.20. The van der Waals surface area contributed by atoms with Gasteiger partial charge in [0.25, 0.3) is 0 Å². The SMILES string of the molecule is C=CN(C[C@H]1CC1C1CCC(C)=CC1C)C(=O)C1CC1. The molecular weight excluding hydrogens is 246 g/mol. The van der Waals surface area contributed by atoms with Crippen LogP contribution in [0.2, 0.25) is 0 Å². The Morgan fingerprint density at radius 3 is 2.75 bits per heavy atom. The van der Waals surface area contributed by atoms with Crippen molar-refractivity contribution >= 4 is 5.91 Å². The molecule has 0 aliphatic heterocycles. The molecule has 0 aromatic carbocycles. The summed E-state index contributed by atoms with van der Waals surface area (Å²) in [7, 11) is 0. The molecule has 2 fully saturated rings. The Hall–Kier alpha value is -1.05. The normalized spacial score (nSPS) is 36.2. The van der Waals surface area contributed by atoms with Crippen LogP contribution in [0.5, 0.6) is 0 Å². The number of hydrogen-bond donors (Lipinski definition) is 0. The molecule has 0 spiro atoms. The number of carbonyl (C=O) groups excluding carboxylic acids is 1. The van der Waals surface area contributed by atoms with Crippen molar-refractivity contribution in [3.8, 4) is 0 Å². The smallest absolute Gasteiger partial charge is 0.229 e. The number of rotatable bonds is 5. The lowest BCUT2D eigenvalue weighted by Crippen LogP contribution is -2.30. The van der Waals surface area contributed by atoms with Crippen LogP contribution in [0.4, 0.5) is 0 Å². The Kier molecular flexibility index (Phi) is 3.74. The van der Waals surface area contributed by atoms with Crippen LogP contribution >= 0.6 is 0 Å². The third-order valence-corrected chi connectivity index (χ3v) is 5.48. The molecule has 1 amide bonds. The highest BCUT2D eigenvalue weighted by molar-refractivity contribution is 5.81. The summed E-state index contributed by atoms with van der Waals surface area (Å²) in [6, 6.07) is 0. The van der Waals surface area contributed by atoms with E-state index in [2.05, 4.69) is 26.5 Å². The van der Waals surface area contributed by atoms with Gasteiger partial charge in [-0.25, -0.2) is 0 Å². The van der Waals surface area contributed by atoms with Crippen LogP contribution in [-0.4, -0.2) is 17.4 Å². The molecule has 0 bridgehead atoms. The first-order valence-corrected chi connectivity index (χ1v) is 8.20. The predicted octanol–water partition coefficient (Wildman–Crippen LogP) is 4.00. The second-order valence-electron chi connectivity index (χ2n) is 7.18. The second kappa shape index (κ2) is 5.38. The van der Waals surface area contributed by atoms with Gasteiger partial charge in [0.2, 0.25) is 5.91 Å². The molecule has 0 heterocycles. The topological polar surface area (TPSA) is 20.3 Å². The summed E-state index contributed by atoms with van der Waals surface area (Å²) in [6.07, 6.45) is 10.3. The summed E-state index contributed by atoms with van der Waals surface area (Å²) in [5.41, 5.74) is 1.56. The highest BCUT2D eigenvalue weighted by atomic mass is 16.2. The van der Waals surface area contributed by atoms with Crippen molar-refractivity contribution < 1.29 is 4.79 Å². The Bertz CT molecular complexity index is 435. The molecule has 0 radical (unpaired) electrons. The van der Waals surface area contributed by atoms with E-state index in [0.717, 1.165) is 43.1 Å². The molecule has 3 aliphatic carbocycles. The van der Waals surface area contributed by atoms with Crippen molar-refractivity contribution in [3.05, 3.63) is 24.4 Å². The maximum Gasteiger partial charge on any atom is 0.229 e. The molecule has 3 rings (SSSR count). The molecule has 2 heteroatoms. The third-order valence-electron chi connectivity index (χ3n) is 5.48. The van der Waals surface area contributed by atoms with Crippen molar-refractivity contribution in [2.24, 2.45) is 29.6 Å². The molecule has 3 unspecified atom stereocenters. The minimum absolute atomic E-state index is 0.310. The highest BCUT2D eigenvalue weighted by Gasteiger charge is 2.46. The average Bonchev–Trinajstić information content (AvgIpc) is 3.29. The van der Waals surface area contributed by atoms with Gasteiger partial charge in [-0.2, -0.15) is 0 Å². The first-order chi connectivity index (χ1) is 9.60. The standard InChI is InChI=1S/C18H27NO/c1-4-19(18(20)14-6-7-14)11-15-10-17(15)16-8-5-12(2)9-13(16)3/h4,9,13-17H,1,5-8,10-11H2,2-3H3/t13?,15-,16?,17?/m1/s1. The van der Waals surface area contributed by atoms with Crippen LogP contribution in [0, 0.1) is 29.6 Å². The Balaban J connectivity index is 1.53. The van der Waals surface area contributed by atoms with Crippen molar-refractivity contribution in [1.29, 1.82) is 0 Å². The summed E-state index contributed by atoms with van der Waals surface area (Å²) >= 11 is 0. The van der Waals surface area contributed by atoms with E-state index in [1.165, 1.54) is 19.3 Å². The molecule has 110 valence electrons. The van der Waals surface area contributed by atoms with Gasteiger partial charge in [-0.05, 0) is 68.9 Å². The predicted molar refractivity (Wildman–Crippen MR) is 81.9 cm³/mol. The van der Waals surface area contributed by atoms with E-state index in [4.69, 9.17) is 0 Å². The van der Waals surface area contributed by atoms with E-state index < -0.39 is 0 Å². The maximum atomic E-state index is 12.1. The monoisotopic (exact) mass is 273 g/mol. The summed E-state index contributed by atoms with van der Waals surface area (Å²) in [6.45, 7) is 9.36. The van der Waals surface area contributed by atoms with Gasteiger partial charge in [0, 0.05) is 12.5 Å². The van der Waals surface area contributed by atoms with E-state index in [-0.39, 0.29) is 0 Å². The molecule has 2 saturated carbocycles. The number of nitrogens with zero attached hydrogens (tertiary/aromatic N) is 1. The van der Waals surface area contributed by atoms with E-state index in [1.807, 2.05) is 4.90 Å². The van der Waals surface area contributed by atoms with Gasteiger partial charge < -0.3 is 4.90 Å². The zero-order valence-electron chi connectivity index (χ0n) is 12.8. The summed E-state index contributed by atoms with van der Waals surface area (Å²) in [5.74, 6) is 3.74. The highest BCUT2D eigenvalue weighted by Crippen LogP contribution is 2.51. The van der Waals surface area contributed by atoms with Crippen LogP contribution in [0.3, 0.4) is 0 Å². The molecule has 0 aromatic heterocycles. The lowest BCUT2D eigenvalue weighted by Gasteiger charge is -2.28. The van der Waals surface area contributed by atoms with E-state index >= 15 is 0 Å². The fourth-order valence-electron chi connectivity index (χ4n) is 3.99. The van der Waals surface area contributed by atoms with Crippen LogP contribution in [-0.2, 0) is 4.79 Å². The molecule has 0 aromatic rings. The van der Waals surface area contributed by atoms with Crippen molar-refractivity contribution in [1.82, 2.24) is 4.90 Å². The molecule has 0 saturated heterocycles. The zero-order valence-corrected chi connectivity index (χ0v) is 12.8. The minimum atomic E-state index is 0.310. The number of allylic oxidation sites excluding steroid dienone is 2. The van der Waals surface area contributed by atoms with Gasteiger partial charge in [-0.1, -0.05) is 25.2 Å². The van der Waals surface area contributed by atoms with Gasteiger partial charge in [0.1, 0.15) is 0 Å². The summed E-state index contributed by atoms with van der Waals surface area (Å²) < 4.78 is 0. The van der Waals surface area contributed by atoms with Crippen LogP contribution in [0.15, 0.2) is 24.4 Å². The van der Waals surface area contributed by atoms with Gasteiger partial charge in [-0.15, -0.1) is 0 Å². The van der Waals surface area contributed by atoms with E-state index in [9.17, 15) is 4.79 Å². The number of carbonyl (C=O) groups is 1. The fraction of sp³-hybridized carbons (Fsp3) is 0.722. The molecule has 20 heavy (non-hydrogen) atoms. The van der Waals surface area contributed by atoms with E-state index in [1.54, 1.807) is 11.8 Å². The van der Waals surface area contributed by atoms with Crippen LogP contribution < -0.4 is 0 Å². The minimum Gasteiger partial charge on any atom is -0.319 e. The number of amides is 1. The van der Waals surface area contributed by atoms with Gasteiger partial charge in [-0.3, -0.25) is 4.79 Å². The van der Waals surface area contributed by atoms with Crippen molar-refractivity contribution in [3.63, 3.8) is 0 Å². The zero-order chi connectivity index (χ0) is 14.3. The van der Waals surface area contributed by atoms with Gasteiger partial charge >= 0.3 is 0 Å². The van der Waals surface area contributed by atoms with Crippen LogP contribution in [0.25, 0.3) is 0 Å². The number of hydrogen-bond acceptors (Lipinski definition) is 1. The Morgan fingerprint density at radius 2 is 2.15 bits per heavy atom. The largest absolute Gasteiger partial charge is 0.319 e. The summed E-state index contributed by atoms with van der Waals surface area (Å²) in [5, 5.41) is 0. The average molecular weight is 273 g/mol. The molecular formula is C18H27NO. The lowest BCUT2D eigenvalue weighted by atomic mass is 9.78. The lowest BCUT2D eigenvalue weighted by molar-refractivity contribution is -0.130. The third kappa shape index (κ3) is 2.84. The molecule has 3 aliphatic rings. The first kappa shape index (κ1) is 13.9. The van der Waals surface area contributed by atoms with Crippen molar-refractivity contribution in [2.45, 2.75) is 46.0 Å². The van der Waals surface area contributed by atoms with Gasteiger partial charge in [0.15, 0.2) is 0 Å². The fourth-order valence-corrected chi connectivity index (χ4v) is 3.99. The van der Waals surface area contributed by atoms with Crippen molar-refractivity contribution in [2.75, 3.05) is 6.54 Å². The Labute approximate surface area is 122 Å². The summed E-state index contributed by atoms with van der Waals surface area (Å²) in [4.78, 5) is 14.0. The molecule has 4 atom stereocenters. The molecule has 2 nitrogen and oxygen atoms in total. The second-order valence-corrected chi connectivity index (χ2v) is 7.18. The maximum absolute atomic E-state index is 12.1. The Morgan fingerprint density at radius 1 is 1.40 bits per heavy atom. The van der Waals surface area contributed by atoms with E-state index in [0.29, 0.717) is 11.8 Å². The van der Waals surface area contributed by atoms with Gasteiger partial charge in [0.05, 0.1) is 0 Å². The quantitative estimate of drug-likeness (QED) is 0.693. The molecule has 0 N–H and O–H groups in total.